The Hall–Kier alpha value is -3.18. The molecule has 0 radical (unpaired) electrons. The Morgan fingerprint density at radius 1 is 1.03 bits per heavy atom. The Labute approximate surface area is 183 Å². The van der Waals surface area contributed by atoms with Crippen LogP contribution in [-0.2, 0) is 4.79 Å². The Morgan fingerprint density at radius 3 is 2.43 bits per heavy atom. The van der Waals surface area contributed by atoms with Gasteiger partial charge in [0.05, 0.1) is 16.8 Å². The third kappa shape index (κ3) is 4.07. The number of halogens is 2. The highest BCUT2D eigenvalue weighted by atomic mass is 79.9. The van der Waals surface area contributed by atoms with E-state index in [1.54, 1.807) is 17.0 Å². The van der Waals surface area contributed by atoms with Gasteiger partial charge in [0.1, 0.15) is 11.6 Å². The molecular weight excluding hydrogens is 445 g/mol. The molecule has 30 heavy (non-hydrogen) atoms. The van der Waals surface area contributed by atoms with Gasteiger partial charge in [-0.15, -0.1) is 0 Å². The summed E-state index contributed by atoms with van der Waals surface area (Å²) in [5.74, 6) is 0.252. The number of carbonyl (C=O) groups is 1. The lowest BCUT2D eigenvalue weighted by molar-refractivity contribution is -0.113. The van der Waals surface area contributed by atoms with E-state index in [9.17, 15) is 9.18 Å². The van der Waals surface area contributed by atoms with Gasteiger partial charge in [-0.3, -0.25) is 9.69 Å². The number of nitrogens with zero attached hydrogens (tertiary/aromatic N) is 1. The Morgan fingerprint density at radius 2 is 1.77 bits per heavy atom. The van der Waals surface area contributed by atoms with Crippen molar-refractivity contribution < 1.29 is 13.9 Å². The second kappa shape index (κ2) is 8.67. The summed E-state index contributed by atoms with van der Waals surface area (Å²) in [4.78, 5) is 14.9. The van der Waals surface area contributed by atoms with Crippen LogP contribution in [0.15, 0.2) is 88.9 Å². The van der Waals surface area contributed by atoms with Crippen molar-refractivity contribution in [3.63, 3.8) is 0 Å². The molecule has 0 fully saturated rings. The third-order valence-electron chi connectivity index (χ3n) is 4.72. The maximum absolute atomic E-state index is 13.4. The largest absolute Gasteiger partial charge is 0.493 e. The topological polar surface area (TPSA) is 29.5 Å². The molecule has 1 heterocycles. The van der Waals surface area contributed by atoms with Gasteiger partial charge in [0.25, 0.3) is 5.91 Å². The molecule has 150 valence electrons. The van der Waals surface area contributed by atoms with Gasteiger partial charge in [-0.1, -0.05) is 36.4 Å². The maximum Gasteiger partial charge on any atom is 0.262 e. The fourth-order valence-corrected chi connectivity index (χ4v) is 3.85. The maximum atomic E-state index is 13.4. The first-order chi connectivity index (χ1) is 14.6. The predicted octanol–water partition coefficient (Wildman–Crippen LogP) is 6.46. The first-order valence-electron chi connectivity index (χ1n) is 9.58. The SMILES string of the molecule is CCOc1ccc(/C=C2\C=C(c3ccccc3)N(c3ccc(F)cc3)C2=O)cc1Br. The average Bonchev–Trinajstić information content (AvgIpc) is 3.07. The van der Waals surface area contributed by atoms with Crippen LogP contribution in [0.5, 0.6) is 5.75 Å². The van der Waals surface area contributed by atoms with E-state index in [4.69, 9.17) is 4.74 Å². The van der Waals surface area contributed by atoms with Crippen molar-refractivity contribution in [2.75, 3.05) is 11.5 Å². The van der Waals surface area contributed by atoms with Crippen LogP contribution >= 0.6 is 15.9 Å². The highest BCUT2D eigenvalue weighted by molar-refractivity contribution is 9.10. The average molecular weight is 464 g/mol. The second-order valence-electron chi connectivity index (χ2n) is 6.74. The Kier molecular flexibility index (Phi) is 5.81. The normalized spacial score (nSPS) is 14.9. The quantitative estimate of drug-likeness (QED) is 0.406. The number of rotatable bonds is 5. The summed E-state index contributed by atoms with van der Waals surface area (Å²) >= 11 is 3.52. The van der Waals surface area contributed by atoms with Gasteiger partial charge in [-0.05, 0) is 82.5 Å². The predicted molar refractivity (Wildman–Crippen MR) is 122 cm³/mol. The molecule has 0 aliphatic carbocycles. The molecule has 1 aliphatic rings. The molecule has 3 aromatic rings. The van der Waals surface area contributed by atoms with Gasteiger partial charge in [-0.2, -0.15) is 0 Å². The summed E-state index contributed by atoms with van der Waals surface area (Å²) in [6.45, 7) is 2.51. The molecule has 0 N–H and O–H groups in total. The molecule has 0 bridgehead atoms. The smallest absolute Gasteiger partial charge is 0.262 e. The van der Waals surface area contributed by atoms with Crippen molar-refractivity contribution in [1.29, 1.82) is 0 Å². The van der Waals surface area contributed by atoms with Crippen LogP contribution in [0.3, 0.4) is 0 Å². The van der Waals surface area contributed by atoms with E-state index in [-0.39, 0.29) is 11.7 Å². The van der Waals surface area contributed by atoms with Crippen molar-refractivity contribution in [1.82, 2.24) is 0 Å². The number of ether oxygens (including phenoxy) is 1. The van der Waals surface area contributed by atoms with E-state index in [0.717, 1.165) is 27.0 Å². The monoisotopic (exact) mass is 463 g/mol. The minimum absolute atomic E-state index is 0.162. The van der Waals surface area contributed by atoms with Crippen molar-refractivity contribution in [2.45, 2.75) is 6.92 Å². The molecular formula is C25H19BrFNO2. The number of benzene rings is 3. The van der Waals surface area contributed by atoms with E-state index in [2.05, 4.69) is 15.9 Å². The molecule has 0 atom stereocenters. The highest BCUT2D eigenvalue weighted by Crippen LogP contribution is 2.36. The highest BCUT2D eigenvalue weighted by Gasteiger charge is 2.30. The lowest BCUT2D eigenvalue weighted by atomic mass is 10.1. The number of carbonyl (C=O) groups excluding carboxylic acids is 1. The number of hydrogen-bond acceptors (Lipinski definition) is 2. The molecule has 4 rings (SSSR count). The fourth-order valence-electron chi connectivity index (χ4n) is 3.34. The first kappa shape index (κ1) is 20.1. The minimum atomic E-state index is -0.342. The molecule has 3 aromatic carbocycles. The molecule has 5 heteroatoms. The van der Waals surface area contributed by atoms with Crippen molar-refractivity contribution in [2.24, 2.45) is 0 Å². The van der Waals surface area contributed by atoms with E-state index in [0.29, 0.717) is 17.9 Å². The van der Waals surface area contributed by atoms with E-state index >= 15 is 0 Å². The summed E-state index contributed by atoms with van der Waals surface area (Å²) < 4.78 is 19.8. The summed E-state index contributed by atoms with van der Waals surface area (Å²) in [6, 6.07) is 21.3. The van der Waals surface area contributed by atoms with Gasteiger partial charge in [-0.25, -0.2) is 4.39 Å². The molecule has 3 nitrogen and oxygen atoms in total. The molecule has 0 aromatic heterocycles. The number of hydrogen-bond donors (Lipinski definition) is 0. The van der Waals surface area contributed by atoms with Gasteiger partial charge >= 0.3 is 0 Å². The van der Waals surface area contributed by atoms with Gasteiger partial charge in [0.15, 0.2) is 0 Å². The summed E-state index contributed by atoms with van der Waals surface area (Å²) in [6.07, 6.45) is 3.71. The molecule has 0 saturated heterocycles. The second-order valence-corrected chi connectivity index (χ2v) is 7.59. The summed E-state index contributed by atoms with van der Waals surface area (Å²) in [5.41, 5.74) is 3.70. The zero-order valence-corrected chi connectivity index (χ0v) is 17.9. The number of amides is 1. The van der Waals surface area contributed by atoms with E-state index in [1.807, 2.05) is 67.6 Å². The zero-order valence-electron chi connectivity index (χ0n) is 16.3. The minimum Gasteiger partial charge on any atom is -0.493 e. The van der Waals surface area contributed by atoms with Crippen LogP contribution in [0, 0.1) is 5.82 Å². The standard InChI is InChI=1S/C25H19BrFNO2/c1-2-30-24-13-8-17(15-22(24)26)14-19-16-23(18-6-4-3-5-7-18)28(25(19)29)21-11-9-20(27)10-12-21/h3-16H,2H2,1H3/b19-14+. The Bertz CT molecular complexity index is 1140. The molecule has 0 spiro atoms. The summed E-state index contributed by atoms with van der Waals surface area (Å²) in [5, 5.41) is 0. The molecule has 0 unspecified atom stereocenters. The fraction of sp³-hybridized carbons (Fsp3) is 0.0800. The molecule has 1 aliphatic heterocycles. The third-order valence-corrected chi connectivity index (χ3v) is 5.34. The Balaban J connectivity index is 1.76. The molecule has 0 saturated carbocycles. The van der Waals surface area contributed by atoms with Crippen molar-refractivity contribution in [3.05, 3.63) is 106 Å². The van der Waals surface area contributed by atoms with Crippen LogP contribution in [0.4, 0.5) is 10.1 Å². The first-order valence-corrected chi connectivity index (χ1v) is 10.4. The van der Waals surface area contributed by atoms with Crippen LogP contribution < -0.4 is 9.64 Å². The van der Waals surface area contributed by atoms with Crippen LogP contribution in [0.2, 0.25) is 0 Å². The van der Waals surface area contributed by atoms with Crippen molar-refractivity contribution >= 4 is 39.3 Å². The summed E-state index contributed by atoms with van der Waals surface area (Å²) in [7, 11) is 0. The van der Waals surface area contributed by atoms with Gasteiger partial charge < -0.3 is 4.74 Å². The van der Waals surface area contributed by atoms with Crippen molar-refractivity contribution in [3.8, 4) is 5.75 Å². The van der Waals surface area contributed by atoms with Gasteiger partial charge in [0, 0.05) is 11.3 Å². The van der Waals surface area contributed by atoms with Crippen LogP contribution in [-0.4, -0.2) is 12.5 Å². The lowest BCUT2D eigenvalue weighted by Gasteiger charge is -2.20. The van der Waals surface area contributed by atoms with E-state index in [1.165, 1.54) is 12.1 Å². The zero-order chi connectivity index (χ0) is 21.1. The lowest BCUT2D eigenvalue weighted by Crippen LogP contribution is -2.24. The number of anilines is 1. The van der Waals surface area contributed by atoms with Crippen LogP contribution in [0.1, 0.15) is 18.1 Å². The molecule has 1 amide bonds. The van der Waals surface area contributed by atoms with Crippen LogP contribution in [0.25, 0.3) is 11.8 Å². The van der Waals surface area contributed by atoms with E-state index < -0.39 is 0 Å². The van der Waals surface area contributed by atoms with Gasteiger partial charge in [0.2, 0.25) is 0 Å².